The Morgan fingerprint density at radius 3 is 1.66 bits per heavy atom. The molecule has 0 unspecified atom stereocenters. The SMILES string of the molecule is COC(=O)CCCCCO[C@@H]1O[C@H](CO[Si](c2ccccc2)(c2ccccc2)C(C)(C)C)[C@H](O[C@H]2O[C@@H](C)[C@@H](O)[C@@H](O)[C@@H]2O)[C@H](OCc2ccc(OC)cc2)[C@H]1O[C@H]1O[C@@H](C)[C@@H](O)[C@@H](O)[C@@H]1O. The average molecular weight is 959 g/mol. The number of aliphatic hydroxyl groups is 6. The first kappa shape index (κ1) is 52.9. The van der Waals surface area contributed by atoms with Crippen molar-refractivity contribution in [3.05, 3.63) is 90.5 Å². The second-order valence-corrected chi connectivity index (χ2v) is 22.8. The van der Waals surface area contributed by atoms with Crippen LogP contribution in [0.4, 0.5) is 0 Å². The van der Waals surface area contributed by atoms with E-state index in [4.69, 9.17) is 47.1 Å². The average Bonchev–Trinajstić information content (AvgIpc) is 3.33. The van der Waals surface area contributed by atoms with Gasteiger partial charge in [0.1, 0.15) is 66.8 Å². The number of rotatable bonds is 20. The minimum Gasteiger partial charge on any atom is -0.497 e. The molecule has 18 heteroatoms. The van der Waals surface area contributed by atoms with Gasteiger partial charge in [-0.3, -0.25) is 4.79 Å². The molecule has 0 spiro atoms. The standard InChI is InChI=1S/C49H70O17Si/c1-29-37(51)39(53)41(55)46(62-29)65-43-35(28-61-67(49(3,4)5,33-17-11-8-12-18-33)34-19-13-9-14-20-34)64-48(59-26-16-10-15-21-36(50)58-7)45(66-47-42(56)40(54)38(52)30(2)63-47)44(43)60-27-31-22-24-32(57-6)25-23-31/h8-9,11-14,17-20,22-25,29-30,35,37-48,51-56H,10,15-16,21,26-28H2,1-7H3/t29-,30-,35+,37+,38+,39+,40+,41-,42-,43-,44-,45+,46+,47+,48+/m0/s1. The minimum absolute atomic E-state index is 0.0471. The molecule has 17 nitrogen and oxygen atoms in total. The molecule has 3 heterocycles. The molecule has 67 heavy (non-hydrogen) atoms. The summed E-state index contributed by atoms with van der Waals surface area (Å²) in [6, 6.07) is 27.2. The highest BCUT2D eigenvalue weighted by Crippen LogP contribution is 2.40. The lowest BCUT2D eigenvalue weighted by Gasteiger charge is -2.51. The molecule has 3 aromatic rings. The number of unbranched alkanes of at least 4 members (excludes halogenated alkanes) is 2. The first-order valence-electron chi connectivity index (χ1n) is 23.0. The minimum atomic E-state index is -3.28. The maximum atomic E-state index is 11.9. The van der Waals surface area contributed by atoms with Crippen molar-refractivity contribution in [1.82, 2.24) is 0 Å². The van der Waals surface area contributed by atoms with Gasteiger partial charge in [-0.15, -0.1) is 0 Å². The Hall–Kier alpha value is -3.41. The number of carbonyl (C=O) groups is 1. The summed E-state index contributed by atoms with van der Waals surface area (Å²) in [6.07, 6.45) is -19.0. The third kappa shape index (κ3) is 12.5. The Morgan fingerprint density at radius 1 is 0.612 bits per heavy atom. The summed E-state index contributed by atoms with van der Waals surface area (Å²) in [6.45, 7) is 9.39. The van der Waals surface area contributed by atoms with Gasteiger partial charge in [-0.2, -0.15) is 0 Å². The first-order valence-corrected chi connectivity index (χ1v) is 24.9. The molecule has 6 rings (SSSR count). The molecule has 3 saturated heterocycles. The summed E-state index contributed by atoms with van der Waals surface area (Å²) in [7, 11) is -0.380. The van der Waals surface area contributed by atoms with Crippen molar-refractivity contribution in [1.29, 1.82) is 0 Å². The summed E-state index contributed by atoms with van der Waals surface area (Å²) < 4.78 is 63.3. The van der Waals surface area contributed by atoms with Gasteiger partial charge >= 0.3 is 5.97 Å². The van der Waals surface area contributed by atoms with E-state index in [0.717, 1.165) is 15.9 Å². The summed E-state index contributed by atoms with van der Waals surface area (Å²) in [4.78, 5) is 11.9. The third-order valence-electron chi connectivity index (χ3n) is 12.8. The molecule has 3 aliphatic heterocycles. The first-order chi connectivity index (χ1) is 32.0. The van der Waals surface area contributed by atoms with Gasteiger partial charge in [0.05, 0.1) is 39.6 Å². The predicted octanol–water partition coefficient (Wildman–Crippen LogP) is 2.06. The van der Waals surface area contributed by atoms with Crippen molar-refractivity contribution in [3.8, 4) is 5.75 Å². The van der Waals surface area contributed by atoms with Gasteiger partial charge in [0, 0.05) is 13.0 Å². The fraction of sp³-hybridized carbons (Fsp3) is 0.612. The van der Waals surface area contributed by atoms with E-state index in [1.54, 1.807) is 26.2 Å². The van der Waals surface area contributed by atoms with Crippen LogP contribution in [-0.2, 0) is 53.7 Å². The highest BCUT2D eigenvalue weighted by molar-refractivity contribution is 6.99. The smallest absolute Gasteiger partial charge is 0.305 e. The van der Waals surface area contributed by atoms with Crippen molar-refractivity contribution in [2.75, 3.05) is 27.4 Å². The van der Waals surface area contributed by atoms with Crippen molar-refractivity contribution in [3.63, 3.8) is 0 Å². The van der Waals surface area contributed by atoms with Gasteiger partial charge in [0.15, 0.2) is 18.9 Å². The number of aliphatic hydroxyl groups excluding tert-OH is 6. The Kier molecular flexibility index (Phi) is 18.9. The predicted molar refractivity (Wildman–Crippen MR) is 245 cm³/mol. The van der Waals surface area contributed by atoms with Crippen molar-refractivity contribution in [2.45, 2.75) is 164 Å². The van der Waals surface area contributed by atoms with E-state index < -0.39 is 105 Å². The van der Waals surface area contributed by atoms with Crippen LogP contribution in [-0.4, -0.2) is 164 Å². The van der Waals surface area contributed by atoms with Crippen LogP contribution in [0.25, 0.3) is 0 Å². The molecule has 372 valence electrons. The molecule has 6 N–H and O–H groups in total. The van der Waals surface area contributed by atoms with Crippen LogP contribution >= 0.6 is 0 Å². The lowest BCUT2D eigenvalue weighted by Crippen LogP contribution is -2.69. The molecule has 0 aliphatic carbocycles. The molecule has 3 fully saturated rings. The third-order valence-corrected chi connectivity index (χ3v) is 17.8. The highest BCUT2D eigenvalue weighted by atomic mass is 28.4. The molecule has 0 radical (unpaired) electrons. The zero-order valence-electron chi connectivity index (χ0n) is 39.4. The number of carbonyl (C=O) groups excluding carboxylic acids is 1. The van der Waals surface area contributed by atoms with E-state index in [1.807, 2.05) is 48.5 Å². The van der Waals surface area contributed by atoms with Crippen LogP contribution < -0.4 is 15.1 Å². The molecule has 3 aliphatic rings. The zero-order chi connectivity index (χ0) is 48.5. The second kappa shape index (κ2) is 23.9. The molecule has 15 atom stereocenters. The maximum Gasteiger partial charge on any atom is 0.305 e. The van der Waals surface area contributed by atoms with E-state index in [-0.39, 0.29) is 32.2 Å². The van der Waals surface area contributed by atoms with Gasteiger partial charge in [0.2, 0.25) is 0 Å². The van der Waals surface area contributed by atoms with Crippen LogP contribution in [0.5, 0.6) is 5.75 Å². The Morgan fingerprint density at radius 2 is 1.15 bits per heavy atom. The quantitative estimate of drug-likeness (QED) is 0.0541. The number of hydrogen-bond donors (Lipinski definition) is 6. The molecular formula is C49H70O17Si. The molecule has 0 aromatic heterocycles. The Balaban J connectivity index is 1.45. The summed E-state index contributed by atoms with van der Waals surface area (Å²) >= 11 is 0. The summed E-state index contributed by atoms with van der Waals surface area (Å²) in [5.74, 6) is 0.294. The summed E-state index contributed by atoms with van der Waals surface area (Å²) in [5.41, 5.74) is 0.718. The largest absolute Gasteiger partial charge is 0.497 e. The number of esters is 1. The van der Waals surface area contributed by atoms with Crippen LogP contribution in [0.1, 0.15) is 65.9 Å². The van der Waals surface area contributed by atoms with Gasteiger partial charge in [-0.05, 0) is 59.8 Å². The van der Waals surface area contributed by atoms with E-state index in [9.17, 15) is 35.4 Å². The van der Waals surface area contributed by atoms with Crippen LogP contribution in [0.15, 0.2) is 84.9 Å². The molecule has 3 aromatic carbocycles. The number of methoxy groups -OCH3 is 2. The lowest BCUT2D eigenvalue weighted by atomic mass is 9.96. The van der Waals surface area contributed by atoms with Gasteiger partial charge in [-0.25, -0.2) is 0 Å². The molecule has 0 bridgehead atoms. The van der Waals surface area contributed by atoms with E-state index in [2.05, 4.69) is 45.0 Å². The van der Waals surface area contributed by atoms with Crippen molar-refractivity contribution < 1.29 is 82.5 Å². The normalized spacial score (nSPS) is 32.7. The van der Waals surface area contributed by atoms with Gasteiger partial charge in [-0.1, -0.05) is 100.0 Å². The number of hydrogen-bond acceptors (Lipinski definition) is 17. The number of benzene rings is 3. The van der Waals surface area contributed by atoms with Crippen molar-refractivity contribution >= 4 is 24.7 Å². The van der Waals surface area contributed by atoms with Crippen LogP contribution in [0.3, 0.4) is 0 Å². The summed E-state index contributed by atoms with van der Waals surface area (Å²) in [5, 5.41) is 67.4. The fourth-order valence-corrected chi connectivity index (χ4v) is 13.5. The second-order valence-electron chi connectivity index (χ2n) is 18.5. The van der Waals surface area contributed by atoms with E-state index in [0.29, 0.717) is 25.0 Å². The molecule has 0 saturated carbocycles. The van der Waals surface area contributed by atoms with E-state index >= 15 is 0 Å². The monoisotopic (exact) mass is 958 g/mol. The van der Waals surface area contributed by atoms with Crippen LogP contribution in [0, 0.1) is 0 Å². The van der Waals surface area contributed by atoms with E-state index in [1.165, 1.54) is 14.0 Å². The maximum absolute atomic E-state index is 11.9. The fourth-order valence-electron chi connectivity index (χ4n) is 8.94. The van der Waals surface area contributed by atoms with Crippen molar-refractivity contribution in [2.24, 2.45) is 0 Å². The van der Waals surface area contributed by atoms with Gasteiger partial charge < -0.3 is 77.7 Å². The van der Waals surface area contributed by atoms with Crippen LogP contribution in [0.2, 0.25) is 5.04 Å². The molecule has 0 amide bonds. The zero-order valence-corrected chi connectivity index (χ0v) is 40.4. The Labute approximate surface area is 393 Å². The molecular weight excluding hydrogens is 889 g/mol. The highest BCUT2D eigenvalue weighted by Gasteiger charge is 2.57. The van der Waals surface area contributed by atoms with Gasteiger partial charge in [0.25, 0.3) is 8.32 Å². The number of ether oxygens (including phenoxy) is 9. The topological polar surface area (TPSA) is 231 Å². The Bertz CT molecular complexity index is 1900. The lowest BCUT2D eigenvalue weighted by molar-refractivity contribution is -0.388.